The number of guanidine groups is 1. The third kappa shape index (κ3) is 4.72. The zero-order chi connectivity index (χ0) is 21.8. The third-order valence-corrected chi connectivity index (χ3v) is 6.93. The molecular formula is C22H26N6O2S. The molecule has 162 valence electrons. The van der Waals surface area contributed by atoms with Crippen molar-refractivity contribution in [3.05, 3.63) is 60.3 Å². The molecule has 1 aliphatic carbocycles. The highest BCUT2D eigenvalue weighted by molar-refractivity contribution is 7.92. The SMILES string of the molecule is NC(N)=NN=C(c1c[nH]c2ccc(NS(=O)(=O)c3ccccc3)cc12)C1CCCCC1. The molecule has 6 N–H and O–H groups in total. The van der Waals surface area contributed by atoms with Crippen molar-refractivity contribution in [1.82, 2.24) is 4.98 Å². The summed E-state index contributed by atoms with van der Waals surface area (Å²) in [5.41, 5.74) is 14.1. The van der Waals surface area contributed by atoms with E-state index in [1.54, 1.807) is 36.4 Å². The fourth-order valence-corrected chi connectivity index (χ4v) is 5.12. The molecule has 1 fully saturated rings. The van der Waals surface area contributed by atoms with Crippen molar-refractivity contribution in [2.75, 3.05) is 4.72 Å². The second kappa shape index (κ2) is 8.81. The van der Waals surface area contributed by atoms with Crippen LogP contribution in [-0.4, -0.2) is 25.1 Å². The molecule has 3 aromatic rings. The highest BCUT2D eigenvalue weighted by atomic mass is 32.2. The summed E-state index contributed by atoms with van der Waals surface area (Å²) in [7, 11) is -3.69. The van der Waals surface area contributed by atoms with E-state index in [1.807, 2.05) is 18.3 Å². The lowest BCUT2D eigenvalue weighted by Crippen LogP contribution is -2.23. The van der Waals surface area contributed by atoms with E-state index >= 15 is 0 Å². The zero-order valence-electron chi connectivity index (χ0n) is 17.1. The van der Waals surface area contributed by atoms with Crippen LogP contribution in [0.5, 0.6) is 0 Å². The van der Waals surface area contributed by atoms with Crippen LogP contribution in [0.15, 0.2) is 69.8 Å². The first-order chi connectivity index (χ1) is 14.9. The number of anilines is 1. The summed E-state index contributed by atoms with van der Waals surface area (Å²) in [6.07, 6.45) is 7.41. The van der Waals surface area contributed by atoms with Crippen LogP contribution in [0.2, 0.25) is 0 Å². The number of benzene rings is 2. The minimum atomic E-state index is -3.69. The quantitative estimate of drug-likeness (QED) is 0.266. The van der Waals surface area contributed by atoms with Crippen LogP contribution in [-0.2, 0) is 10.0 Å². The van der Waals surface area contributed by atoms with Gasteiger partial charge in [0.2, 0.25) is 5.96 Å². The lowest BCUT2D eigenvalue weighted by atomic mass is 9.83. The Kier molecular flexibility index (Phi) is 5.94. The smallest absolute Gasteiger partial charge is 0.261 e. The summed E-state index contributed by atoms with van der Waals surface area (Å²) in [6.45, 7) is 0. The van der Waals surface area contributed by atoms with Crippen molar-refractivity contribution in [2.45, 2.75) is 37.0 Å². The summed E-state index contributed by atoms with van der Waals surface area (Å²) in [5, 5.41) is 9.17. The van der Waals surface area contributed by atoms with Crippen LogP contribution < -0.4 is 16.2 Å². The van der Waals surface area contributed by atoms with Crippen LogP contribution in [0, 0.1) is 5.92 Å². The van der Waals surface area contributed by atoms with Gasteiger partial charge in [-0.2, -0.15) is 5.10 Å². The fourth-order valence-electron chi connectivity index (χ4n) is 4.05. The minimum absolute atomic E-state index is 0.0931. The van der Waals surface area contributed by atoms with Gasteiger partial charge in [-0.3, -0.25) is 4.72 Å². The summed E-state index contributed by atoms with van der Waals surface area (Å²) < 4.78 is 28.1. The Morgan fingerprint density at radius 2 is 1.74 bits per heavy atom. The largest absolute Gasteiger partial charge is 0.369 e. The van der Waals surface area contributed by atoms with E-state index in [2.05, 4.69) is 19.9 Å². The van der Waals surface area contributed by atoms with Gasteiger partial charge in [-0.1, -0.05) is 37.5 Å². The number of sulfonamides is 1. The monoisotopic (exact) mass is 438 g/mol. The van der Waals surface area contributed by atoms with Crippen LogP contribution in [0.3, 0.4) is 0 Å². The summed E-state index contributed by atoms with van der Waals surface area (Å²) in [4.78, 5) is 3.46. The van der Waals surface area contributed by atoms with Gasteiger partial charge in [0.1, 0.15) is 0 Å². The number of fused-ring (bicyclic) bond motifs is 1. The van der Waals surface area contributed by atoms with E-state index in [1.165, 1.54) is 6.42 Å². The molecule has 1 aliphatic rings. The number of rotatable bonds is 6. The number of nitrogens with two attached hydrogens (primary N) is 2. The van der Waals surface area contributed by atoms with E-state index in [4.69, 9.17) is 11.5 Å². The van der Waals surface area contributed by atoms with Crippen LogP contribution >= 0.6 is 0 Å². The Morgan fingerprint density at radius 1 is 1.00 bits per heavy atom. The van der Waals surface area contributed by atoms with Gasteiger partial charge in [-0.15, -0.1) is 5.10 Å². The molecule has 0 amide bonds. The van der Waals surface area contributed by atoms with Gasteiger partial charge in [0.25, 0.3) is 10.0 Å². The van der Waals surface area contributed by atoms with Crippen molar-refractivity contribution in [3.63, 3.8) is 0 Å². The number of nitrogens with zero attached hydrogens (tertiary/aromatic N) is 2. The molecular weight excluding hydrogens is 412 g/mol. The fraction of sp³-hybridized carbons (Fsp3) is 0.273. The predicted molar refractivity (Wildman–Crippen MR) is 124 cm³/mol. The van der Waals surface area contributed by atoms with Crippen molar-refractivity contribution < 1.29 is 8.42 Å². The topological polar surface area (TPSA) is 139 Å². The average molecular weight is 439 g/mol. The van der Waals surface area contributed by atoms with Gasteiger partial charge >= 0.3 is 0 Å². The van der Waals surface area contributed by atoms with Crippen molar-refractivity contribution >= 4 is 38.3 Å². The molecule has 1 heterocycles. The van der Waals surface area contributed by atoms with Gasteiger partial charge in [0, 0.05) is 34.3 Å². The van der Waals surface area contributed by atoms with Crippen molar-refractivity contribution in [2.24, 2.45) is 27.6 Å². The van der Waals surface area contributed by atoms with E-state index in [9.17, 15) is 8.42 Å². The molecule has 4 rings (SSSR count). The van der Waals surface area contributed by atoms with Crippen molar-refractivity contribution in [3.8, 4) is 0 Å². The highest BCUT2D eigenvalue weighted by Crippen LogP contribution is 2.32. The zero-order valence-corrected chi connectivity index (χ0v) is 17.9. The predicted octanol–water partition coefficient (Wildman–Crippen LogP) is 3.53. The first-order valence-corrected chi connectivity index (χ1v) is 11.8. The van der Waals surface area contributed by atoms with Crippen LogP contribution in [0.1, 0.15) is 37.7 Å². The molecule has 2 aromatic carbocycles. The third-order valence-electron chi connectivity index (χ3n) is 5.53. The Hall–Kier alpha value is -3.33. The number of aromatic amines is 1. The van der Waals surface area contributed by atoms with Gasteiger partial charge in [-0.25, -0.2) is 8.42 Å². The highest BCUT2D eigenvalue weighted by Gasteiger charge is 2.24. The number of H-pyrrole nitrogens is 1. The van der Waals surface area contributed by atoms with Crippen LogP contribution in [0.25, 0.3) is 10.9 Å². The first kappa shape index (κ1) is 20.9. The second-order valence-electron chi connectivity index (χ2n) is 7.73. The molecule has 0 atom stereocenters. The van der Waals surface area contributed by atoms with Gasteiger partial charge < -0.3 is 16.5 Å². The second-order valence-corrected chi connectivity index (χ2v) is 9.41. The molecule has 9 heteroatoms. The van der Waals surface area contributed by atoms with E-state index in [0.29, 0.717) is 5.69 Å². The number of hydrogen-bond acceptors (Lipinski definition) is 4. The summed E-state index contributed by atoms with van der Waals surface area (Å²) in [5.74, 6) is 0.157. The Labute approximate surface area is 181 Å². The van der Waals surface area contributed by atoms with Crippen LogP contribution in [0.4, 0.5) is 5.69 Å². The molecule has 0 aliphatic heterocycles. The Bertz CT molecular complexity index is 1220. The Morgan fingerprint density at radius 3 is 2.45 bits per heavy atom. The summed E-state index contributed by atoms with van der Waals surface area (Å²) in [6, 6.07) is 13.7. The molecule has 1 saturated carbocycles. The maximum atomic E-state index is 12.7. The minimum Gasteiger partial charge on any atom is -0.369 e. The van der Waals surface area contributed by atoms with E-state index in [-0.39, 0.29) is 16.8 Å². The molecule has 8 nitrogen and oxygen atoms in total. The molecule has 0 saturated heterocycles. The average Bonchev–Trinajstić information content (AvgIpc) is 3.18. The van der Waals surface area contributed by atoms with Gasteiger partial charge in [-0.05, 0) is 43.2 Å². The number of hydrogen-bond donors (Lipinski definition) is 4. The standard InChI is InChI=1S/C22H26N6O2S/c23-22(24)27-26-21(15-7-3-1-4-8-15)19-14-25-20-12-11-16(13-18(19)20)28-31(29,30)17-9-5-2-6-10-17/h2,5-6,9-15,25,28H,1,3-4,7-8H2,(H4,23,24,27). The normalized spacial score (nSPS) is 15.7. The van der Waals surface area contributed by atoms with Crippen molar-refractivity contribution in [1.29, 1.82) is 0 Å². The molecule has 0 radical (unpaired) electrons. The van der Waals surface area contributed by atoms with E-state index < -0.39 is 10.0 Å². The lowest BCUT2D eigenvalue weighted by Gasteiger charge is -2.22. The maximum Gasteiger partial charge on any atom is 0.261 e. The molecule has 0 bridgehead atoms. The Balaban J connectivity index is 1.73. The number of nitrogens with one attached hydrogen (secondary N) is 2. The molecule has 0 unspecified atom stereocenters. The first-order valence-electron chi connectivity index (χ1n) is 10.3. The summed E-state index contributed by atoms with van der Waals surface area (Å²) >= 11 is 0. The van der Waals surface area contributed by atoms with Gasteiger partial charge in [0.05, 0.1) is 10.6 Å². The number of aromatic nitrogens is 1. The van der Waals surface area contributed by atoms with Gasteiger partial charge in [0.15, 0.2) is 0 Å². The molecule has 0 spiro atoms. The maximum absolute atomic E-state index is 12.7. The lowest BCUT2D eigenvalue weighted by molar-refractivity contribution is 0.439. The molecule has 1 aromatic heterocycles. The van der Waals surface area contributed by atoms with E-state index in [0.717, 1.165) is 47.9 Å². The molecule has 31 heavy (non-hydrogen) atoms.